The number of rotatable bonds is 7. The number of aromatic amines is 2. The van der Waals surface area contributed by atoms with E-state index in [-0.39, 0.29) is 18.6 Å². The highest BCUT2D eigenvalue weighted by molar-refractivity contribution is 7.98. The van der Waals surface area contributed by atoms with Crippen LogP contribution in [0.15, 0.2) is 29.4 Å². The molecule has 11 heteroatoms. The minimum absolute atomic E-state index is 0.0649. The van der Waals surface area contributed by atoms with Crippen LogP contribution in [0.1, 0.15) is 12.5 Å². The van der Waals surface area contributed by atoms with E-state index in [9.17, 15) is 9.90 Å². The number of H-pyrrole nitrogens is 2. The van der Waals surface area contributed by atoms with Crippen LogP contribution in [0.25, 0.3) is 11.2 Å². The number of benzene rings is 1. The molecule has 0 aliphatic carbocycles. The SMILES string of the molecule is C[C@H](CO)Nc1[nH+]c(SCc2cccc(Cl)c2)nc2nc(NC(=O)O)[nH]c12. The Labute approximate surface area is 163 Å². The summed E-state index contributed by atoms with van der Waals surface area (Å²) in [5.41, 5.74) is 1.89. The molecular formula is C16H18ClN6O3S+. The number of halogens is 1. The molecule has 0 radical (unpaired) electrons. The smallest absolute Gasteiger partial charge is 0.411 e. The number of carbonyl (C=O) groups is 1. The summed E-state index contributed by atoms with van der Waals surface area (Å²) in [5, 5.41) is 24.7. The Balaban J connectivity index is 1.90. The maximum absolute atomic E-state index is 10.8. The summed E-state index contributed by atoms with van der Waals surface area (Å²) in [6.07, 6.45) is -1.23. The van der Waals surface area contributed by atoms with E-state index >= 15 is 0 Å². The molecule has 0 saturated heterocycles. The summed E-state index contributed by atoms with van der Waals surface area (Å²) in [4.78, 5) is 25.5. The van der Waals surface area contributed by atoms with Crippen LogP contribution in [-0.4, -0.2) is 43.9 Å². The van der Waals surface area contributed by atoms with Gasteiger partial charge in [-0.3, -0.25) is 10.6 Å². The van der Waals surface area contributed by atoms with E-state index in [0.717, 1.165) is 5.56 Å². The highest BCUT2D eigenvalue weighted by Crippen LogP contribution is 2.24. The first-order valence-electron chi connectivity index (χ1n) is 8.02. The zero-order chi connectivity index (χ0) is 19.4. The Bertz CT molecular complexity index is 966. The van der Waals surface area contributed by atoms with E-state index in [4.69, 9.17) is 16.7 Å². The van der Waals surface area contributed by atoms with Gasteiger partial charge >= 0.3 is 6.09 Å². The number of aliphatic hydroxyl groups is 1. The minimum Gasteiger partial charge on any atom is -0.465 e. The van der Waals surface area contributed by atoms with E-state index in [2.05, 4.69) is 30.6 Å². The van der Waals surface area contributed by atoms with Crippen LogP contribution >= 0.6 is 23.4 Å². The Morgan fingerprint density at radius 1 is 1.44 bits per heavy atom. The molecule has 1 atom stereocenters. The average Bonchev–Trinajstić information content (AvgIpc) is 3.01. The van der Waals surface area contributed by atoms with Gasteiger partial charge in [-0.2, -0.15) is 4.98 Å². The summed E-state index contributed by atoms with van der Waals surface area (Å²) in [5.74, 6) is 1.26. The molecule has 3 aromatic rings. The number of hydrogen-bond acceptors (Lipinski definition) is 6. The van der Waals surface area contributed by atoms with Gasteiger partial charge < -0.3 is 15.2 Å². The molecule has 1 aromatic carbocycles. The molecule has 6 N–H and O–H groups in total. The van der Waals surface area contributed by atoms with Crippen molar-refractivity contribution in [3.05, 3.63) is 34.9 Å². The fourth-order valence-electron chi connectivity index (χ4n) is 2.32. The van der Waals surface area contributed by atoms with Gasteiger partial charge in [-0.25, -0.2) is 9.78 Å². The van der Waals surface area contributed by atoms with E-state index in [1.54, 1.807) is 0 Å². The third-order valence-electron chi connectivity index (χ3n) is 3.53. The lowest BCUT2D eigenvalue weighted by molar-refractivity contribution is -0.416. The van der Waals surface area contributed by atoms with Crippen molar-refractivity contribution in [3.63, 3.8) is 0 Å². The number of fused-ring (bicyclic) bond motifs is 1. The number of aromatic nitrogens is 4. The summed E-state index contributed by atoms with van der Waals surface area (Å²) >= 11 is 7.46. The first-order chi connectivity index (χ1) is 12.9. The first-order valence-corrected chi connectivity index (χ1v) is 9.38. The lowest BCUT2D eigenvalue weighted by atomic mass is 10.2. The highest BCUT2D eigenvalue weighted by Gasteiger charge is 2.21. The molecule has 0 unspecified atom stereocenters. The molecule has 0 fully saturated rings. The molecule has 2 heterocycles. The fraction of sp³-hybridized carbons (Fsp3) is 0.250. The van der Waals surface area contributed by atoms with Crippen molar-refractivity contribution in [3.8, 4) is 0 Å². The molecule has 142 valence electrons. The molecule has 0 bridgehead atoms. The number of imidazole rings is 1. The number of amides is 1. The quantitative estimate of drug-likeness (QED) is 0.298. The molecule has 0 aliphatic rings. The maximum atomic E-state index is 10.8. The highest BCUT2D eigenvalue weighted by atomic mass is 35.5. The van der Waals surface area contributed by atoms with Crippen molar-refractivity contribution >= 4 is 52.4 Å². The van der Waals surface area contributed by atoms with Crippen LogP contribution in [0.2, 0.25) is 5.02 Å². The number of hydrogen-bond donors (Lipinski definition) is 5. The third kappa shape index (κ3) is 5.00. The van der Waals surface area contributed by atoms with E-state index in [1.807, 2.05) is 31.2 Å². The predicted molar refractivity (Wildman–Crippen MR) is 103 cm³/mol. The standard InChI is InChI=1S/C16H17ClN6O3S/c1-8(6-24)18-12-11-13(20-14(19-11)23-16(25)26)22-15(21-12)27-7-9-3-2-4-10(17)5-9/h2-5,8,24H,6-7H2,1H3,(H,25,26)(H3,18,19,20,21,22,23)/p+1/t8-/m1/s1. The second kappa shape index (κ2) is 8.42. The van der Waals surface area contributed by atoms with Crippen LogP contribution in [-0.2, 0) is 5.75 Å². The molecule has 2 aromatic heterocycles. The summed E-state index contributed by atoms with van der Waals surface area (Å²) in [6.45, 7) is 1.74. The van der Waals surface area contributed by atoms with Crippen LogP contribution in [0.5, 0.6) is 0 Å². The fourth-order valence-corrected chi connectivity index (χ4v) is 3.34. The zero-order valence-electron chi connectivity index (χ0n) is 14.3. The minimum atomic E-state index is -1.23. The lowest BCUT2D eigenvalue weighted by Gasteiger charge is -2.07. The molecule has 9 nitrogen and oxygen atoms in total. The molecule has 0 saturated carbocycles. The van der Waals surface area contributed by atoms with Crippen LogP contribution in [0.3, 0.4) is 0 Å². The number of nitrogens with zero attached hydrogens (tertiary/aromatic N) is 2. The van der Waals surface area contributed by atoms with E-state index in [1.165, 1.54) is 11.8 Å². The largest absolute Gasteiger partial charge is 0.465 e. The summed E-state index contributed by atoms with van der Waals surface area (Å²) in [7, 11) is 0. The molecule has 27 heavy (non-hydrogen) atoms. The number of nitrogens with one attached hydrogen (secondary N) is 4. The molecule has 0 spiro atoms. The Morgan fingerprint density at radius 2 is 2.26 bits per heavy atom. The van der Waals surface area contributed by atoms with Gasteiger partial charge in [-0.05, 0) is 36.4 Å². The van der Waals surface area contributed by atoms with Gasteiger partial charge in [0.2, 0.25) is 11.8 Å². The third-order valence-corrected chi connectivity index (χ3v) is 4.71. The van der Waals surface area contributed by atoms with E-state index in [0.29, 0.717) is 32.9 Å². The van der Waals surface area contributed by atoms with Gasteiger partial charge in [0.1, 0.15) is 0 Å². The van der Waals surface area contributed by atoms with Crippen molar-refractivity contribution in [1.29, 1.82) is 0 Å². The second-order valence-corrected chi connectivity index (χ2v) is 7.18. The van der Waals surface area contributed by atoms with Gasteiger partial charge in [-0.15, -0.1) is 0 Å². The maximum Gasteiger partial charge on any atom is 0.411 e. The molecular weight excluding hydrogens is 392 g/mol. The number of thioether (sulfide) groups is 1. The Hall–Kier alpha value is -2.56. The van der Waals surface area contributed by atoms with Gasteiger partial charge in [-0.1, -0.05) is 28.7 Å². The monoisotopic (exact) mass is 409 g/mol. The topological polar surface area (TPSA) is 137 Å². The van der Waals surface area contributed by atoms with Crippen molar-refractivity contribution in [2.45, 2.75) is 23.9 Å². The van der Waals surface area contributed by atoms with Crippen LogP contribution in [0.4, 0.5) is 16.6 Å². The molecule has 3 rings (SSSR count). The Morgan fingerprint density at radius 3 is 2.96 bits per heavy atom. The van der Waals surface area contributed by atoms with Crippen molar-refractivity contribution < 1.29 is 20.0 Å². The van der Waals surface area contributed by atoms with Crippen LogP contribution in [0, 0.1) is 0 Å². The van der Waals surface area contributed by atoms with Crippen molar-refractivity contribution in [1.82, 2.24) is 15.0 Å². The number of carboxylic acid groups (broad SMARTS) is 1. The van der Waals surface area contributed by atoms with Crippen molar-refractivity contribution in [2.24, 2.45) is 0 Å². The number of aliphatic hydroxyl groups excluding tert-OH is 1. The van der Waals surface area contributed by atoms with Gasteiger partial charge in [0.05, 0.1) is 12.6 Å². The van der Waals surface area contributed by atoms with Gasteiger partial charge in [0.15, 0.2) is 5.52 Å². The average molecular weight is 410 g/mol. The predicted octanol–water partition coefficient (Wildman–Crippen LogP) is 2.60. The van der Waals surface area contributed by atoms with Crippen LogP contribution < -0.4 is 15.6 Å². The van der Waals surface area contributed by atoms with Gasteiger partial charge in [0.25, 0.3) is 10.8 Å². The first kappa shape index (κ1) is 19.2. The zero-order valence-corrected chi connectivity index (χ0v) is 15.9. The van der Waals surface area contributed by atoms with E-state index < -0.39 is 6.09 Å². The Kier molecular flexibility index (Phi) is 5.99. The molecule has 1 amide bonds. The van der Waals surface area contributed by atoms with Crippen molar-refractivity contribution in [2.75, 3.05) is 17.2 Å². The summed E-state index contributed by atoms with van der Waals surface area (Å²) in [6, 6.07) is 7.31. The second-order valence-electron chi connectivity index (χ2n) is 5.78. The van der Waals surface area contributed by atoms with Gasteiger partial charge in [0, 0.05) is 10.8 Å². The lowest BCUT2D eigenvalue weighted by Crippen LogP contribution is -2.26. The summed E-state index contributed by atoms with van der Waals surface area (Å²) < 4.78 is 0. The normalized spacial score (nSPS) is 12.1. The molecule has 0 aliphatic heterocycles. The number of anilines is 2.